The minimum atomic E-state index is -3.78. The second-order valence-corrected chi connectivity index (χ2v) is 19.9. The van der Waals surface area contributed by atoms with Gasteiger partial charge in [0.25, 0.3) is 6.47 Å². The van der Waals surface area contributed by atoms with Crippen LogP contribution in [0.3, 0.4) is 0 Å². The lowest BCUT2D eigenvalue weighted by atomic mass is 9.92. The van der Waals surface area contributed by atoms with Crippen LogP contribution in [-0.4, -0.2) is 90.0 Å². The number of nitrogens with zero attached hydrogens (tertiary/aromatic N) is 4. The number of ether oxygens (including phenoxy) is 1. The van der Waals surface area contributed by atoms with E-state index in [-0.39, 0.29) is 29.6 Å². The van der Waals surface area contributed by atoms with Crippen molar-refractivity contribution in [2.45, 2.75) is 37.5 Å². The second-order valence-electron chi connectivity index (χ2n) is 16.2. The van der Waals surface area contributed by atoms with Crippen LogP contribution in [-0.2, 0) is 40.9 Å². The Hall–Kier alpha value is -6.69. The number of hydrogen-bond donors (Lipinski definition) is 0. The van der Waals surface area contributed by atoms with Crippen LogP contribution in [0.4, 0.5) is 28.9 Å². The molecule has 6 aromatic rings. The normalized spacial score (nSPS) is 15.1. The maximum absolute atomic E-state index is 13.8. The zero-order valence-corrected chi connectivity index (χ0v) is 38.8. The maximum Gasteiger partial charge on any atom is 0.373 e. The smallest absolute Gasteiger partial charge is 0.373 e. The van der Waals surface area contributed by atoms with E-state index in [9.17, 15) is 39.2 Å². The molecule has 356 valence electrons. The molecule has 18 heteroatoms. The number of aryl methyl sites for hydroxylation is 1. The van der Waals surface area contributed by atoms with E-state index in [0.29, 0.717) is 44.5 Å². The topological polar surface area (TPSA) is 142 Å². The Labute approximate surface area is 393 Å². The average molecular weight is 973 g/mol. The number of hydrogen-bond acceptors (Lipinski definition) is 10. The first kappa shape index (κ1) is 50.7. The highest BCUT2D eigenvalue weighted by atomic mass is 32.2. The first-order chi connectivity index (χ1) is 32.4. The molecule has 0 radical (unpaired) electrons. The van der Waals surface area contributed by atoms with E-state index < -0.39 is 55.4 Å². The predicted octanol–water partition coefficient (Wildman–Crippen LogP) is 7.92. The van der Waals surface area contributed by atoms with E-state index in [1.165, 1.54) is 5.56 Å². The van der Waals surface area contributed by atoms with Crippen molar-refractivity contribution in [2.75, 3.05) is 47.3 Å². The Bertz CT molecular complexity index is 2860. The third kappa shape index (κ3) is 12.6. The maximum atomic E-state index is 13.8. The molecule has 0 aromatic heterocycles. The number of sulfonamides is 2. The largest absolute Gasteiger partial charge is 0.429 e. The van der Waals surface area contributed by atoms with Gasteiger partial charge in [0.05, 0.1) is 48.1 Å². The summed E-state index contributed by atoms with van der Waals surface area (Å²) in [5.74, 6) is -2.87. The fraction of sp³-hybridized carbons (Fsp3) is 0.240. The predicted molar refractivity (Wildman–Crippen MR) is 249 cm³/mol. The minimum Gasteiger partial charge on any atom is -0.429 e. The molecule has 12 nitrogen and oxygen atoms in total. The first-order valence-corrected chi connectivity index (χ1v) is 24.9. The van der Waals surface area contributed by atoms with Gasteiger partial charge in [0.15, 0.2) is 0 Å². The zero-order valence-electron chi connectivity index (χ0n) is 37.2. The SMILES string of the molecule is CCc1ccc([C@@H](c2ccccc2)N2CC(N(c3cc(F)cc(F)c3)S(C)(=O)=O)C2)cc1.CS(=O)(=O)N(c1cc(F)cc(F)c1)C1CN([C@H](c2ccccc2)c2ccc(OC=O)cc2)C1.O=C=O. The third-order valence-corrected chi connectivity index (χ3v) is 13.9. The van der Waals surface area contributed by atoms with Crippen LogP contribution in [0.2, 0.25) is 0 Å². The van der Waals surface area contributed by atoms with Gasteiger partial charge >= 0.3 is 6.15 Å². The van der Waals surface area contributed by atoms with Crippen molar-refractivity contribution in [3.8, 4) is 5.75 Å². The van der Waals surface area contributed by atoms with Crippen LogP contribution in [0, 0.1) is 23.3 Å². The van der Waals surface area contributed by atoms with Crippen molar-refractivity contribution < 1.29 is 53.5 Å². The highest BCUT2D eigenvalue weighted by Crippen LogP contribution is 2.38. The van der Waals surface area contributed by atoms with Gasteiger partial charge in [-0.05, 0) is 70.6 Å². The van der Waals surface area contributed by atoms with Crippen molar-refractivity contribution in [1.29, 1.82) is 0 Å². The minimum absolute atomic E-state index is 0.0122. The Morgan fingerprint density at radius 1 is 0.574 bits per heavy atom. The number of benzene rings is 6. The molecular weight excluding hydrogens is 925 g/mol. The summed E-state index contributed by atoms with van der Waals surface area (Å²) in [5, 5.41) is 0. The standard InChI is InChI=1S/C25H26F2N2O2S.C24H22F2N2O4S.CO2/c1-3-18-9-11-20(12-10-18)25(19-7-5-4-6-8-19)28-16-24(17-28)29(32(2,30)31)23-14-21(26)13-22(27)15-23;1-33(30,31)28(21-12-19(25)11-20(26)13-21)22-14-27(15-22)24(17-5-3-2-4-6-17)18-7-9-23(10-8-18)32-16-29;2-1-3/h4-15,24-25H,3,16-17H2,1-2H3;2-13,16,22,24H,14-15H2,1H3;/t25-;24-;/m11./s1. The number of halogens is 4. The van der Waals surface area contributed by atoms with E-state index in [1.54, 1.807) is 12.1 Å². The first-order valence-electron chi connectivity index (χ1n) is 21.2. The second kappa shape index (κ2) is 22.4. The van der Waals surface area contributed by atoms with E-state index in [2.05, 4.69) is 53.1 Å². The van der Waals surface area contributed by atoms with Crippen LogP contribution in [0.5, 0.6) is 5.75 Å². The molecule has 2 aliphatic rings. The summed E-state index contributed by atoms with van der Waals surface area (Å²) in [6, 6.07) is 39.8. The summed E-state index contributed by atoms with van der Waals surface area (Å²) < 4.78 is 112. The van der Waals surface area contributed by atoms with Gasteiger partial charge in [0.1, 0.15) is 29.0 Å². The molecular formula is C50H48F4N4O8S2. The van der Waals surface area contributed by atoms with E-state index in [4.69, 9.17) is 14.3 Å². The van der Waals surface area contributed by atoms with Crippen LogP contribution in [0.25, 0.3) is 0 Å². The fourth-order valence-electron chi connectivity index (χ4n) is 8.59. The molecule has 6 aromatic carbocycles. The molecule has 2 saturated heterocycles. The zero-order chi connectivity index (χ0) is 49.2. The molecule has 2 fully saturated rings. The molecule has 2 heterocycles. The molecule has 0 bridgehead atoms. The summed E-state index contributed by atoms with van der Waals surface area (Å²) in [5.41, 5.74) is 5.39. The number of anilines is 2. The van der Waals surface area contributed by atoms with Gasteiger partial charge in [0.2, 0.25) is 20.0 Å². The van der Waals surface area contributed by atoms with Crippen LogP contribution in [0.15, 0.2) is 146 Å². The third-order valence-electron chi connectivity index (χ3n) is 11.4. The van der Waals surface area contributed by atoms with Gasteiger partial charge in [-0.1, -0.05) is 104 Å². The van der Waals surface area contributed by atoms with Crippen LogP contribution < -0.4 is 13.3 Å². The Kier molecular flexibility index (Phi) is 16.7. The van der Waals surface area contributed by atoms with E-state index in [0.717, 1.165) is 80.1 Å². The lowest BCUT2D eigenvalue weighted by molar-refractivity contribution is -0.191. The summed E-state index contributed by atoms with van der Waals surface area (Å²) in [6.45, 7) is 4.08. The molecule has 68 heavy (non-hydrogen) atoms. The van der Waals surface area contributed by atoms with Gasteiger partial charge < -0.3 is 4.74 Å². The molecule has 2 atom stereocenters. The summed E-state index contributed by atoms with van der Waals surface area (Å²) in [7, 11) is -7.50. The number of carbonyl (C=O) groups excluding carboxylic acids is 3. The summed E-state index contributed by atoms with van der Waals surface area (Å²) in [4.78, 5) is 31.1. The number of rotatable bonds is 15. The molecule has 0 N–H and O–H groups in total. The van der Waals surface area contributed by atoms with Crippen molar-refractivity contribution in [2.24, 2.45) is 0 Å². The summed E-state index contributed by atoms with van der Waals surface area (Å²) >= 11 is 0. The van der Waals surface area contributed by atoms with Crippen molar-refractivity contribution >= 4 is 44.0 Å². The highest BCUT2D eigenvalue weighted by molar-refractivity contribution is 7.92. The number of likely N-dealkylation sites (tertiary alicyclic amines) is 2. The van der Waals surface area contributed by atoms with E-state index >= 15 is 0 Å². The Morgan fingerprint density at radius 2 is 0.897 bits per heavy atom. The van der Waals surface area contributed by atoms with Crippen molar-refractivity contribution in [1.82, 2.24) is 9.80 Å². The van der Waals surface area contributed by atoms with Gasteiger partial charge in [-0.25, -0.2) is 34.4 Å². The summed E-state index contributed by atoms with van der Waals surface area (Å²) in [6.07, 6.45) is 3.30. The Morgan fingerprint density at radius 3 is 1.21 bits per heavy atom. The molecule has 0 spiro atoms. The highest BCUT2D eigenvalue weighted by Gasteiger charge is 2.42. The fourth-order valence-corrected chi connectivity index (χ4v) is 10.9. The average Bonchev–Trinajstić information content (AvgIpc) is 3.25. The molecule has 0 saturated carbocycles. The molecule has 8 rings (SSSR count). The quantitative estimate of drug-likeness (QED) is 0.0736. The van der Waals surface area contributed by atoms with Crippen molar-refractivity contribution in [3.05, 3.63) is 197 Å². The molecule has 0 aliphatic carbocycles. The van der Waals surface area contributed by atoms with Gasteiger partial charge in [0, 0.05) is 38.3 Å². The van der Waals surface area contributed by atoms with Gasteiger partial charge in [-0.3, -0.25) is 23.2 Å². The molecule has 2 aliphatic heterocycles. The lowest BCUT2D eigenvalue weighted by Crippen LogP contribution is -2.61. The van der Waals surface area contributed by atoms with E-state index in [1.807, 2.05) is 60.7 Å². The number of carbonyl (C=O) groups is 1. The lowest BCUT2D eigenvalue weighted by Gasteiger charge is -2.48. The van der Waals surface area contributed by atoms with Crippen LogP contribution >= 0.6 is 0 Å². The van der Waals surface area contributed by atoms with Crippen molar-refractivity contribution in [3.63, 3.8) is 0 Å². The monoisotopic (exact) mass is 972 g/mol. The van der Waals surface area contributed by atoms with Gasteiger partial charge in [-0.15, -0.1) is 0 Å². The Balaban J connectivity index is 0.000000212. The van der Waals surface area contributed by atoms with Crippen LogP contribution in [0.1, 0.15) is 46.8 Å². The molecule has 0 amide bonds. The van der Waals surface area contributed by atoms with Gasteiger partial charge in [-0.2, -0.15) is 9.59 Å². The molecule has 0 unspecified atom stereocenters.